The van der Waals surface area contributed by atoms with Crippen LogP contribution in [-0.4, -0.2) is 42.4 Å². The van der Waals surface area contributed by atoms with Gasteiger partial charge < -0.3 is 10.2 Å². The molecule has 116 valence electrons. The van der Waals surface area contributed by atoms with Crippen molar-refractivity contribution in [3.8, 4) is 0 Å². The summed E-state index contributed by atoms with van der Waals surface area (Å²) < 4.78 is 3.15. The topological polar surface area (TPSA) is 33.1 Å². The first kappa shape index (κ1) is 17.0. The van der Waals surface area contributed by atoms with Crippen molar-refractivity contribution < 1.29 is 0 Å². The quantitative estimate of drug-likeness (QED) is 0.817. The standard InChI is InChI=1S/C14H20BrClN4S/c1-9-7-11(21-14(9)15)12(17-2)13-10(16)8-18-20(13)6-5-19(3)4/h7-8,12,17H,5-6H2,1-4H3. The number of likely N-dealkylation sites (N-methyl/N-ethyl adjacent to an activating group) is 1. The van der Waals surface area contributed by atoms with E-state index < -0.39 is 0 Å². The van der Waals surface area contributed by atoms with Crippen LogP contribution in [0.5, 0.6) is 0 Å². The number of thiophene rings is 1. The number of hydrogen-bond donors (Lipinski definition) is 1. The van der Waals surface area contributed by atoms with Crippen LogP contribution < -0.4 is 5.32 Å². The van der Waals surface area contributed by atoms with E-state index in [-0.39, 0.29) is 6.04 Å². The van der Waals surface area contributed by atoms with Gasteiger partial charge in [-0.3, -0.25) is 4.68 Å². The van der Waals surface area contributed by atoms with Crippen LogP contribution in [0.15, 0.2) is 16.0 Å². The molecule has 2 aromatic rings. The molecule has 0 spiro atoms. The van der Waals surface area contributed by atoms with Gasteiger partial charge in [0.05, 0.1) is 33.3 Å². The van der Waals surface area contributed by atoms with Gasteiger partial charge in [-0.25, -0.2) is 0 Å². The summed E-state index contributed by atoms with van der Waals surface area (Å²) in [6.45, 7) is 3.84. The highest BCUT2D eigenvalue weighted by molar-refractivity contribution is 9.11. The fraction of sp³-hybridized carbons (Fsp3) is 0.500. The molecule has 0 radical (unpaired) electrons. The first-order chi connectivity index (χ1) is 9.93. The molecule has 2 rings (SSSR count). The van der Waals surface area contributed by atoms with Crippen LogP contribution in [0, 0.1) is 6.92 Å². The Morgan fingerprint density at radius 2 is 2.24 bits per heavy atom. The molecule has 0 aliphatic rings. The maximum absolute atomic E-state index is 6.39. The molecule has 0 saturated carbocycles. The molecule has 0 bridgehead atoms. The average molecular weight is 392 g/mol. The maximum atomic E-state index is 6.39. The number of nitrogens with zero attached hydrogens (tertiary/aromatic N) is 3. The lowest BCUT2D eigenvalue weighted by molar-refractivity contribution is 0.366. The zero-order valence-electron chi connectivity index (χ0n) is 12.7. The largest absolute Gasteiger partial charge is 0.308 e. The normalized spacial score (nSPS) is 13.1. The van der Waals surface area contributed by atoms with Crippen molar-refractivity contribution in [2.45, 2.75) is 19.5 Å². The van der Waals surface area contributed by atoms with Gasteiger partial charge in [-0.2, -0.15) is 5.10 Å². The predicted octanol–water partition coefficient (Wildman–Crippen LogP) is 3.54. The van der Waals surface area contributed by atoms with Gasteiger partial charge in [0, 0.05) is 11.4 Å². The molecule has 1 N–H and O–H groups in total. The summed E-state index contributed by atoms with van der Waals surface area (Å²) in [5, 5.41) is 8.49. The van der Waals surface area contributed by atoms with Crippen molar-refractivity contribution >= 4 is 38.9 Å². The minimum atomic E-state index is 0.0529. The molecule has 7 heteroatoms. The second kappa shape index (κ2) is 7.24. The minimum Gasteiger partial charge on any atom is -0.308 e. The first-order valence-electron chi connectivity index (χ1n) is 6.73. The van der Waals surface area contributed by atoms with E-state index in [1.807, 2.05) is 11.7 Å². The van der Waals surface area contributed by atoms with Crippen molar-refractivity contribution in [3.63, 3.8) is 0 Å². The third kappa shape index (κ3) is 3.87. The third-order valence-corrected chi connectivity index (χ3v) is 5.81. The highest BCUT2D eigenvalue weighted by Gasteiger charge is 2.23. The Labute approximate surface area is 143 Å². The molecule has 0 saturated heterocycles. The van der Waals surface area contributed by atoms with Gasteiger partial charge >= 0.3 is 0 Å². The van der Waals surface area contributed by atoms with E-state index in [1.54, 1.807) is 17.5 Å². The predicted molar refractivity (Wildman–Crippen MR) is 93.4 cm³/mol. The zero-order valence-corrected chi connectivity index (χ0v) is 15.8. The van der Waals surface area contributed by atoms with E-state index in [0.717, 1.165) is 22.6 Å². The van der Waals surface area contributed by atoms with Gasteiger partial charge in [0.2, 0.25) is 0 Å². The minimum absolute atomic E-state index is 0.0529. The summed E-state index contributed by atoms with van der Waals surface area (Å²) in [6.07, 6.45) is 1.73. The molecule has 0 amide bonds. The Morgan fingerprint density at radius 1 is 1.52 bits per heavy atom. The van der Waals surface area contributed by atoms with Crippen LogP contribution in [0.1, 0.15) is 22.2 Å². The highest BCUT2D eigenvalue weighted by Crippen LogP contribution is 2.36. The average Bonchev–Trinajstić information content (AvgIpc) is 2.94. The summed E-state index contributed by atoms with van der Waals surface area (Å²) >= 11 is 11.7. The van der Waals surface area contributed by atoms with Gasteiger partial charge in [0.25, 0.3) is 0 Å². The maximum Gasteiger partial charge on any atom is 0.0855 e. The van der Waals surface area contributed by atoms with E-state index in [0.29, 0.717) is 5.02 Å². The lowest BCUT2D eigenvalue weighted by atomic mass is 10.1. The summed E-state index contributed by atoms with van der Waals surface area (Å²) in [7, 11) is 6.06. The summed E-state index contributed by atoms with van der Waals surface area (Å²) in [5.41, 5.74) is 2.26. The third-order valence-electron chi connectivity index (χ3n) is 3.32. The summed E-state index contributed by atoms with van der Waals surface area (Å²) in [6, 6.07) is 2.24. The van der Waals surface area contributed by atoms with E-state index >= 15 is 0 Å². The number of halogens is 2. The highest BCUT2D eigenvalue weighted by atomic mass is 79.9. The number of aryl methyl sites for hydroxylation is 1. The number of hydrogen-bond acceptors (Lipinski definition) is 4. The van der Waals surface area contributed by atoms with Crippen molar-refractivity contribution in [2.75, 3.05) is 27.7 Å². The molecule has 0 fully saturated rings. The van der Waals surface area contributed by atoms with Gasteiger partial charge in [-0.1, -0.05) is 11.6 Å². The van der Waals surface area contributed by atoms with E-state index in [2.05, 4.69) is 58.3 Å². The van der Waals surface area contributed by atoms with Crippen LogP contribution >= 0.6 is 38.9 Å². The fourth-order valence-corrected chi connectivity index (χ4v) is 4.11. The van der Waals surface area contributed by atoms with E-state index in [4.69, 9.17) is 11.6 Å². The van der Waals surface area contributed by atoms with Crippen molar-refractivity contribution in [3.05, 3.63) is 37.2 Å². The van der Waals surface area contributed by atoms with Gasteiger partial charge in [-0.05, 0) is 55.6 Å². The molecule has 4 nitrogen and oxygen atoms in total. The SMILES string of the molecule is CNC(c1cc(C)c(Br)s1)c1c(Cl)cnn1CCN(C)C. The van der Waals surface area contributed by atoms with Gasteiger partial charge in [0.15, 0.2) is 0 Å². The van der Waals surface area contributed by atoms with Crippen LogP contribution in [-0.2, 0) is 6.54 Å². The molecule has 0 aliphatic carbocycles. The Balaban J connectivity index is 2.35. The van der Waals surface area contributed by atoms with Crippen LogP contribution in [0.4, 0.5) is 0 Å². The first-order valence-corrected chi connectivity index (χ1v) is 8.71. The molecule has 0 aliphatic heterocycles. The molecule has 1 atom stereocenters. The van der Waals surface area contributed by atoms with Crippen LogP contribution in [0.2, 0.25) is 5.02 Å². The molecular weight excluding hydrogens is 372 g/mol. The lowest BCUT2D eigenvalue weighted by Crippen LogP contribution is -2.25. The van der Waals surface area contributed by atoms with Crippen LogP contribution in [0.3, 0.4) is 0 Å². The molecule has 2 aromatic heterocycles. The van der Waals surface area contributed by atoms with Crippen LogP contribution in [0.25, 0.3) is 0 Å². The molecule has 2 heterocycles. The number of nitrogens with one attached hydrogen (secondary N) is 1. The summed E-state index contributed by atoms with van der Waals surface area (Å²) in [5.74, 6) is 0. The smallest absolute Gasteiger partial charge is 0.0855 e. The fourth-order valence-electron chi connectivity index (χ4n) is 2.17. The Hall–Kier alpha value is -0.400. The van der Waals surface area contributed by atoms with Crippen molar-refractivity contribution in [2.24, 2.45) is 0 Å². The monoisotopic (exact) mass is 390 g/mol. The summed E-state index contributed by atoms with van der Waals surface area (Å²) in [4.78, 5) is 3.37. The number of rotatable bonds is 6. The number of aromatic nitrogens is 2. The molecule has 1 unspecified atom stereocenters. The molecule has 21 heavy (non-hydrogen) atoms. The Morgan fingerprint density at radius 3 is 2.76 bits per heavy atom. The van der Waals surface area contributed by atoms with Crippen molar-refractivity contribution in [1.82, 2.24) is 20.0 Å². The Bertz CT molecular complexity index is 589. The molecular formula is C14H20BrClN4S. The van der Waals surface area contributed by atoms with E-state index in [9.17, 15) is 0 Å². The lowest BCUT2D eigenvalue weighted by Gasteiger charge is -2.18. The molecule has 0 aromatic carbocycles. The second-order valence-electron chi connectivity index (χ2n) is 5.23. The van der Waals surface area contributed by atoms with E-state index in [1.165, 1.54) is 10.4 Å². The van der Waals surface area contributed by atoms with Gasteiger partial charge in [-0.15, -0.1) is 11.3 Å². The zero-order chi connectivity index (χ0) is 15.6. The second-order valence-corrected chi connectivity index (χ2v) is 8.04. The van der Waals surface area contributed by atoms with Gasteiger partial charge in [0.1, 0.15) is 0 Å². The van der Waals surface area contributed by atoms with Crippen molar-refractivity contribution in [1.29, 1.82) is 0 Å². The Kier molecular flexibility index (Phi) is 5.85.